The molecule has 1 unspecified atom stereocenters. The van der Waals surface area contributed by atoms with Crippen LogP contribution in [0.5, 0.6) is 0 Å². The number of rotatable bonds is 4. The van der Waals surface area contributed by atoms with Gasteiger partial charge in [-0.3, -0.25) is 4.79 Å². The Morgan fingerprint density at radius 1 is 1.35 bits per heavy atom. The van der Waals surface area contributed by atoms with E-state index >= 15 is 0 Å². The first-order valence-corrected chi connectivity index (χ1v) is 7.26. The van der Waals surface area contributed by atoms with Crippen LogP contribution in [-0.4, -0.2) is 26.2 Å². The highest BCUT2D eigenvalue weighted by molar-refractivity contribution is 9.10. The molecule has 1 aromatic rings. The van der Waals surface area contributed by atoms with Gasteiger partial charge in [0.2, 0.25) is 15.9 Å². The summed E-state index contributed by atoms with van der Waals surface area (Å²) >= 11 is 3.11. The first-order valence-electron chi connectivity index (χ1n) is 4.86. The average Bonchev–Trinajstić information content (AvgIpc) is 2.29. The minimum absolute atomic E-state index is 0.0454. The molecule has 0 aliphatic carbocycles. The van der Waals surface area contributed by atoms with Crippen molar-refractivity contribution >= 4 is 37.5 Å². The van der Waals surface area contributed by atoms with Gasteiger partial charge in [-0.15, -0.1) is 0 Å². The molecule has 0 heterocycles. The van der Waals surface area contributed by atoms with Gasteiger partial charge in [0.05, 0.1) is 10.5 Å². The molecule has 0 radical (unpaired) electrons. The molecule has 94 valence electrons. The Labute approximate surface area is 109 Å². The van der Waals surface area contributed by atoms with E-state index in [1.54, 1.807) is 19.1 Å². The molecule has 0 aliphatic heterocycles. The fourth-order valence-corrected chi connectivity index (χ4v) is 2.15. The topological polar surface area (TPSA) is 75.3 Å². The van der Waals surface area contributed by atoms with E-state index in [0.717, 1.165) is 0 Å². The highest BCUT2D eigenvalue weighted by Gasteiger charge is 2.18. The van der Waals surface area contributed by atoms with Crippen LogP contribution < -0.4 is 10.0 Å². The molecule has 1 rings (SSSR count). The number of hydrogen-bond acceptors (Lipinski definition) is 3. The molecule has 1 amide bonds. The number of para-hydroxylation sites is 1. The number of alkyl halides is 1. The third kappa shape index (κ3) is 3.52. The smallest absolute Gasteiger partial charge is 0.242 e. The number of nitrogens with one attached hydrogen (secondary N) is 2. The normalized spacial score (nSPS) is 13.1. The van der Waals surface area contributed by atoms with E-state index in [9.17, 15) is 13.2 Å². The van der Waals surface area contributed by atoms with Gasteiger partial charge in [0, 0.05) is 0 Å². The molecule has 0 bridgehead atoms. The number of sulfonamides is 1. The predicted molar refractivity (Wildman–Crippen MR) is 69.7 cm³/mol. The van der Waals surface area contributed by atoms with Gasteiger partial charge in [-0.1, -0.05) is 28.1 Å². The highest BCUT2D eigenvalue weighted by Crippen LogP contribution is 2.20. The lowest BCUT2D eigenvalue weighted by Crippen LogP contribution is -2.24. The molecule has 17 heavy (non-hydrogen) atoms. The maximum absolute atomic E-state index is 11.7. The van der Waals surface area contributed by atoms with E-state index in [1.807, 2.05) is 0 Å². The monoisotopic (exact) mass is 320 g/mol. The largest absolute Gasteiger partial charge is 0.324 e. The predicted octanol–water partition coefficient (Wildman–Crippen LogP) is 1.32. The van der Waals surface area contributed by atoms with E-state index in [-0.39, 0.29) is 16.5 Å². The first kappa shape index (κ1) is 14.1. The molecule has 0 aromatic heterocycles. The van der Waals surface area contributed by atoms with Crippen molar-refractivity contribution in [3.05, 3.63) is 24.3 Å². The fraction of sp³-hybridized carbons (Fsp3) is 0.300. The molecule has 2 N–H and O–H groups in total. The van der Waals surface area contributed by atoms with Crippen LogP contribution in [0, 0.1) is 0 Å². The van der Waals surface area contributed by atoms with Gasteiger partial charge in [-0.05, 0) is 26.1 Å². The van der Waals surface area contributed by atoms with E-state index in [0.29, 0.717) is 0 Å². The average molecular weight is 321 g/mol. The Kier molecular flexibility index (Phi) is 4.67. The van der Waals surface area contributed by atoms with Crippen LogP contribution in [-0.2, 0) is 14.8 Å². The van der Waals surface area contributed by atoms with Gasteiger partial charge in [0.1, 0.15) is 4.90 Å². The zero-order chi connectivity index (χ0) is 13.1. The Bertz CT molecular complexity index is 514. The van der Waals surface area contributed by atoms with E-state index in [1.165, 1.54) is 19.2 Å². The molecule has 0 saturated heterocycles. The lowest BCUT2D eigenvalue weighted by atomic mass is 10.3. The summed E-state index contributed by atoms with van der Waals surface area (Å²) in [4.78, 5) is 11.2. The van der Waals surface area contributed by atoms with Crippen LogP contribution in [0.25, 0.3) is 0 Å². The molecular formula is C10H13BrN2O3S. The first-order chi connectivity index (χ1) is 7.88. The maximum Gasteiger partial charge on any atom is 0.242 e. The second-order valence-electron chi connectivity index (χ2n) is 3.31. The van der Waals surface area contributed by atoms with Crippen molar-refractivity contribution in [1.82, 2.24) is 4.72 Å². The summed E-state index contributed by atoms with van der Waals surface area (Å²) in [6.07, 6.45) is 0. The molecule has 0 aliphatic rings. The van der Waals surface area contributed by atoms with Gasteiger partial charge in [-0.25, -0.2) is 13.1 Å². The summed E-state index contributed by atoms with van der Waals surface area (Å²) < 4.78 is 25.6. The summed E-state index contributed by atoms with van der Waals surface area (Å²) in [5.74, 6) is -0.302. The van der Waals surface area contributed by atoms with Crippen LogP contribution in [0.3, 0.4) is 0 Å². The van der Waals surface area contributed by atoms with Crippen molar-refractivity contribution in [2.24, 2.45) is 0 Å². The van der Waals surface area contributed by atoms with Gasteiger partial charge in [-0.2, -0.15) is 0 Å². The summed E-state index contributed by atoms with van der Waals surface area (Å²) in [6, 6.07) is 6.22. The Balaban J connectivity index is 3.14. The maximum atomic E-state index is 11.7. The van der Waals surface area contributed by atoms with Gasteiger partial charge in [0.25, 0.3) is 0 Å². The zero-order valence-corrected chi connectivity index (χ0v) is 11.8. The number of halogens is 1. The number of carbonyl (C=O) groups excluding carboxylic acids is 1. The fourth-order valence-electron chi connectivity index (χ4n) is 1.15. The highest BCUT2D eigenvalue weighted by atomic mass is 79.9. The number of carbonyl (C=O) groups is 1. The summed E-state index contributed by atoms with van der Waals surface area (Å²) in [7, 11) is -2.26. The van der Waals surface area contributed by atoms with Gasteiger partial charge in [0.15, 0.2) is 0 Å². The quantitative estimate of drug-likeness (QED) is 0.821. The Morgan fingerprint density at radius 2 is 1.94 bits per heavy atom. The van der Waals surface area contributed by atoms with Crippen molar-refractivity contribution in [1.29, 1.82) is 0 Å². The van der Waals surface area contributed by atoms with Crippen molar-refractivity contribution in [2.75, 3.05) is 12.4 Å². The lowest BCUT2D eigenvalue weighted by molar-refractivity contribution is -0.115. The molecular weight excluding hydrogens is 308 g/mol. The summed E-state index contributed by atoms with van der Waals surface area (Å²) in [6.45, 7) is 1.66. The summed E-state index contributed by atoms with van der Waals surface area (Å²) in [5.41, 5.74) is 0.262. The SMILES string of the molecule is CNS(=O)(=O)c1ccccc1NC(=O)C(C)Br. The van der Waals surface area contributed by atoms with Crippen LogP contribution >= 0.6 is 15.9 Å². The van der Waals surface area contributed by atoms with Gasteiger partial charge < -0.3 is 5.32 Å². The molecule has 7 heteroatoms. The number of anilines is 1. The van der Waals surface area contributed by atoms with Crippen LogP contribution in [0.15, 0.2) is 29.2 Å². The number of amides is 1. The standard InChI is InChI=1S/C10H13BrN2O3S/c1-7(11)10(14)13-8-5-3-4-6-9(8)17(15,16)12-2/h3-7,12H,1-2H3,(H,13,14). The third-order valence-corrected chi connectivity index (χ3v) is 3.95. The second kappa shape index (κ2) is 5.61. The molecule has 0 fully saturated rings. The number of benzene rings is 1. The van der Waals surface area contributed by atoms with Crippen LogP contribution in [0.4, 0.5) is 5.69 Å². The van der Waals surface area contributed by atoms with E-state index < -0.39 is 14.9 Å². The molecule has 1 atom stereocenters. The van der Waals surface area contributed by atoms with E-state index in [4.69, 9.17) is 0 Å². The van der Waals surface area contributed by atoms with Crippen molar-refractivity contribution in [2.45, 2.75) is 16.6 Å². The van der Waals surface area contributed by atoms with E-state index in [2.05, 4.69) is 26.0 Å². The Hall–Kier alpha value is -0.920. The van der Waals surface area contributed by atoms with Gasteiger partial charge >= 0.3 is 0 Å². The Morgan fingerprint density at radius 3 is 2.47 bits per heavy atom. The minimum Gasteiger partial charge on any atom is -0.324 e. The van der Waals surface area contributed by atoms with Crippen molar-refractivity contribution in [3.63, 3.8) is 0 Å². The minimum atomic E-state index is -3.58. The molecule has 5 nitrogen and oxygen atoms in total. The van der Waals surface area contributed by atoms with Crippen molar-refractivity contribution in [3.8, 4) is 0 Å². The molecule has 1 aromatic carbocycles. The zero-order valence-electron chi connectivity index (χ0n) is 9.40. The summed E-state index contributed by atoms with van der Waals surface area (Å²) in [5, 5.41) is 2.55. The van der Waals surface area contributed by atoms with Crippen LogP contribution in [0.1, 0.15) is 6.92 Å². The lowest BCUT2D eigenvalue weighted by Gasteiger charge is -2.11. The van der Waals surface area contributed by atoms with Crippen molar-refractivity contribution < 1.29 is 13.2 Å². The van der Waals surface area contributed by atoms with Crippen LogP contribution in [0.2, 0.25) is 0 Å². The second-order valence-corrected chi connectivity index (χ2v) is 6.54. The molecule has 0 spiro atoms. The number of hydrogen-bond donors (Lipinski definition) is 2. The third-order valence-electron chi connectivity index (χ3n) is 2.06. The molecule has 0 saturated carbocycles.